The van der Waals surface area contributed by atoms with Gasteiger partial charge in [-0.3, -0.25) is 0 Å². The smallest absolute Gasteiger partial charge is 0.147 e. The molecule has 110 valence electrons. The van der Waals surface area contributed by atoms with E-state index in [1.165, 1.54) is 6.26 Å². The third kappa shape index (κ3) is 12.4. The minimum atomic E-state index is -2.83. The largest absolute Gasteiger partial charge is 0.317 e. The van der Waals surface area contributed by atoms with Gasteiger partial charge in [0.15, 0.2) is 0 Å². The van der Waals surface area contributed by atoms with E-state index in [1.54, 1.807) is 0 Å². The molecular weight excluding hydrogens is 246 g/mol. The Labute approximate surface area is 114 Å². The van der Waals surface area contributed by atoms with Crippen LogP contribution in [-0.4, -0.2) is 33.5 Å². The second-order valence-electron chi connectivity index (χ2n) is 7.35. The van der Waals surface area contributed by atoms with Crippen LogP contribution in [0.5, 0.6) is 0 Å². The SMILES string of the molecule is CC(C)(C)CCNCCC(C)(C)CCS(C)(=O)=O. The third-order valence-corrected chi connectivity index (χ3v) is 4.13. The molecule has 0 heterocycles. The number of sulfone groups is 1. The number of nitrogens with one attached hydrogen (secondary N) is 1. The van der Waals surface area contributed by atoms with Crippen molar-refractivity contribution in [3.8, 4) is 0 Å². The highest BCUT2D eigenvalue weighted by Crippen LogP contribution is 2.25. The summed E-state index contributed by atoms with van der Waals surface area (Å²) in [5.74, 6) is 0.294. The average molecular weight is 277 g/mol. The van der Waals surface area contributed by atoms with Crippen molar-refractivity contribution < 1.29 is 8.42 Å². The highest BCUT2D eigenvalue weighted by Gasteiger charge is 2.19. The van der Waals surface area contributed by atoms with Crippen molar-refractivity contribution in [1.82, 2.24) is 5.32 Å². The van der Waals surface area contributed by atoms with Gasteiger partial charge in [0.2, 0.25) is 0 Å². The molecule has 0 fully saturated rings. The normalized spacial score (nSPS) is 13.9. The van der Waals surface area contributed by atoms with Crippen LogP contribution < -0.4 is 5.32 Å². The highest BCUT2D eigenvalue weighted by atomic mass is 32.2. The Morgan fingerprint density at radius 1 is 0.889 bits per heavy atom. The van der Waals surface area contributed by atoms with Crippen LogP contribution in [0.2, 0.25) is 0 Å². The molecule has 18 heavy (non-hydrogen) atoms. The van der Waals surface area contributed by atoms with Crippen molar-refractivity contribution >= 4 is 9.84 Å². The minimum Gasteiger partial charge on any atom is -0.317 e. The van der Waals surface area contributed by atoms with E-state index in [-0.39, 0.29) is 5.41 Å². The van der Waals surface area contributed by atoms with Gasteiger partial charge in [-0.25, -0.2) is 8.42 Å². The molecule has 0 saturated heterocycles. The first-order chi connectivity index (χ1) is 7.91. The van der Waals surface area contributed by atoms with Gasteiger partial charge < -0.3 is 5.32 Å². The first-order valence-corrected chi connectivity index (χ1v) is 8.86. The van der Waals surface area contributed by atoms with Crippen LogP contribution in [0, 0.1) is 10.8 Å². The average Bonchev–Trinajstić information content (AvgIpc) is 2.11. The second kappa shape index (κ2) is 6.90. The second-order valence-corrected chi connectivity index (χ2v) is 9.61. The Morgan fingerprint density at radius 3 is 1.83 bits per heavy atom. The topological polar surface area (TPSA) is 46.2 Å². The zero-order valence-electron chi connectivity index (χ0n) is 13.0. The quantitative estimate of drug-likeness (QED) is 0.694. The van der Waals surface area contributed by atoms with Crippen molar-refractivity contribution in [3.63, 3.8) is 0 Å². The van der Waals surface area contributed by atoms with Gasteiger partial charge in [0, 0.05) is 6.26 Å². The van der Waals surface area contributed by atoms with E-state index >= 15 is 0 Å². The van der Waals surface area contributed by atoms with Crippen molar-refractivity contribution in [2.75, 3.05) is 25.1 Å². The molecule has 0 aromatic rings. The lowest BCUT2D eigenvalue weighted by Crippen LogP contribution is -2.26. The molecule has 0 spiro atoms. The molecule has 4 heteroatoms. The Hall–Kier alpha value is -0.0900. The lowest BCUT2D eigenvalue weighted by molar-refractivity contribution is 0.307. The first kappa shape index (κ1) is 17.9. The lowest BCUT2D eigenvalue weighted by atomic mass is 9.86. The van der Waals surface area contributed by atoms with Gasteiger partial charge >= 0.3 is 0 Å². The van der Waals surface area contributed by atoms with E-state index < -0.39 is 9.84 Å². The summed E-state index contributed by atoms with van der Waals surface area (Å²) in [5.41, 5.74) is 0.469. The highest BCUT2D eigenvalue weighted by molar-refractivity contribution is 7.90. The molecule has 3 nitrogen and oxygen atoms in total. The fourth-order valence-corrected chi connectivity index (χ4v) is 2.53. The zero-order chi connectivity index (χ0) is 14.4. The van der Waals surface area contributed by atoms with E-state index in [0.717, 1.165) is 32.4 Å². The van der Waals surface area contributed by atoms with E-state index in [1.807, 2.05) is 0 Å². The Bertz CT molecular complexity index is 326. The maximum Gasteiger partial charge on any atom is 0.147 e. The van der Waals surface area contributed by atoms with E-state index in [4.69, 9.17) is 0 Å². The van der Waals surface area contributed by atoms with E-state index in [2.05, 4.69) is 39.9 Å². The summed E-state index contributed by atoms with van der Waals surface area (Å²) < 4.78 is 22.3. The van der Waals surface area contributed by atoms with Crippen LogP contribution in [0.3, 0.4) is 0 Å². The first-order valence-electron chi connectivity index (χ1n) is 6.80. The fourth-order valence-electron chi connectivity index (χ4n) is 1.60. The Morgan fingerprint density at radius 2 is 1.39 bits per heavy atom. The summed E-state index contributed by atoms with van der Waals surface area (Å²) >= 11 is 0. The van der Waals surface area contributed by atoms with E-state index in [0.29, 0.717) is 11.2 Å². The van der Waals surface area contributed by atoms with Crippen LogP contribution >= 0.6 is 0 Å². The summed E-state index contributed by atoms with van der Waals surface area (Å²) in [5, 5.41) is 3.45. The summed E-state index contributed by atoms with van der Waals surface area (Å²) in [6.45, 7) is 13.0. The molecule has 0 saturated carbocycles. The van der Waals surface area contributed by atoms with Gasteiger partial charge in [-0.05, 0) is 43.2 Å². The Balaban J connectivity index is 3.77. The predicted molar refractivity (Wildman–Crippen MR) is 79.7 cm³/mol. The van der Waals surface area contributed by atoms with Gasteiger partial charge in [-0.15, -0.1) is 0 Å². The molecule has 0 aromatic heterocycles. The molecule has 0 aliphatic carbocycles. The summed E-state index contributed by atoms with van der Waals surface area (Å²) in [6.07, 6.45) is 4.24. The van der Waals surface area contributed by atoms with Crippen molar-refractivity contribution in [2.24, 2.45) is 10.8 Å². The minimum absolute atomic E-state index is 0.0951. The van der Waals surface area contributed by atoms with Crippen LogP contribution in [0.1, 0.15) is 53.9 Å². The molecule has 0 atom stereocenters. The molecule has 0 aliphatic heterocycles. The molecule has 1 N–H and O–H groups in total. The van der Waals surface area contributed by atoms with Crippen LogP contribution in [0.15, 0.2) is 0 Å². The lowest BCUT2D eigenvalue weighted by Gasteiger charge is -2.25. The maximum absolute atomic E-state index is 11.1. The van der Waals surface area contributed by atoms with Crippen LogP contribution in [0.4, 0.5) is 0 Å². The van der Waals surface area contributed by atoms with Gasteiger partial charge in [0.1, 0.15) is 9.84 Å². The number of rotatable bonds is 8. The molecule has 0 aliphatic rings. The molecule has 0 bridgehead atoms. The fraction of sp³-hybridized carbons (Fsp3) is 1.00. The number of hydrogen-bond acceptors (Lipinski definition) is 3. The molecule has 0 unspecified atom stereocenters. The van der Waals surface area contributed by atoms with Gasteiger partial charge in [-0.2, -0.15) is 0 Å². The summed E-state index contributed by atoms with van der Waals surface area (Å²) in [4.78, 5) is 0. The predicted octanol–water partition coefficient (Wildman–Crippen LogP) is 2.86. The number of hydrogen-bond donors (Lipinski definition) is 1. The van der Waals surface area contributed by atoms with Crippen LogP contribution in [-0.2, 0) is 9.84 Å². The van der Waals surface area contributed by atoms with Gasteiger partial charge in [-0.1, -0.05) is 34.6 Å². The third-order valence-electron chi connectivity index (χ3n) is 3.18. The monoisotopic (exact) mass is 277 g/mol. The summed E-state index contributed by atoms with van der Waals surface area (Å²) in [7, 11) is -2.83. The standard InChI is InChI=1S/C14H31NO2S/c1-13(2,3)7-10-15-11-8-14(4,5)9-12-18(6,16)17/h15H,7-12H2,1-6H3. The van der Waals surface area contributed by atoms with Crippen LogP contribution in [0.25, 0.3) is 0 Å². The van der Waals surface area contributed by atoms with Crippen molar-refractivity contribution in [1.29, 1.82) is 0 Å². The van der Waals surface area contributed by atoms with E-state index in [9.17, 15) is 8.42 Å². The molecule has 0 aromatic carbocycles. The molecule has 0 radical (unpaired) electrons. The van der Waals surface area contributed by atoms with Crippen molar-refractivity contribution in [2.45, 2.75) is 53.9 Å². The zero-order valence-corrected chi connectivity index (χ0v) is 13.8. The van der Waals surface area contributed by atoms with Crippen molar-refractivity contribution in [3.05, 3.63) is 0 Å². The Kier molecular flexibility index (Phi) is 6.86. The van der Waals surface area contributed by atoms with Gasteiger partial charge in [0.05, 0.1) is 5.75 Å². The molecule has 0 amide bonds. The van der Waals surface area contributed by atoms with Gasteiger partial charge in [0.25, 0.3) is 0 Å². The maximum atomic E-state index is 11.1. The molecular formula is C14H31NO2S. The molecule has 0 rings (SSSR count). The summed E-state index contributed by atoms with van der Waals surface area (Å²) in [6, 6.07) is 0.